The van der Waals surface area contributed by atoms with Gasteiger partial charge in [0.15, 0.2) is 0 Å². The highest BCUT2D eigenvalue weighted by atomic mass is 35.5. The lowest BCUT2D eigenvalue weighted by atomic mass is 10.1. The van der Waals surface area contributed by atoms with Gasteiger partial charge in [-0.1, -0.05) is 11.6 Å². The van der Waals surface area contributed by atoms with Gasteiger partial charge in [-0.3, -0.25) is 14.2 Å². The maximum Gasteiger partial charge on any atom is 0.283 e. The van der Waals surface area contributed by atoms with Crippen molar-refractivity contribution < 1.29 is 22.4 Å². The number of carbonyl (C=O) groups is 1. The SMILES string of the molecule is CCn1cc(C(C)NC(=O)Cn2nc(C(F)F)c(Cl)c2C(F)F)c(C)n1. The van der Waals surface area contributed by atoms with E-state index >= 15 is 0 Å². The maximum atomic E-state index is 13.1. The number of carbonyl (C=O) groups excluding carboxylic acids is 1. The van der Waals surface area contributed by atoms with E-state index in [9.17, 15) is 22.4 Å². The summed E-state index contributed by atoms with van der Waals surface area (Å²) in [5.41, 5.74) is -0.390. The molecule has 2 rings (SSSR count). The van der Waals surface area contributed by atoms with Gasteiger partial charge in [0.1, 0.15) is 17.9 Å². The van der Waals surface area contributed by atoms with Crippen LogP contribution in [0.4, 0.5) is 17.6 Å². The number of nitrogens with one attached hydrogen (secondary N) is 1. The van der Waals surface area contributed by atoms with Gasteiger partial charge in [-0.25, -0.2) is 17.6 Å². The molecule has 1 amide bonds. The molecule has 0 aliphatic rings. The molecule has 0 saturated carbocycles. The molecule has 2 aromatic rings. The van der Waals surface area contributed by atoms with Crippen LogP contribution in [0.15, 0.2) is 6.20 Å². The summed E-state index contributed by atoms with van der Waals surface area (Å²) in [6.45, 7) is 5.39. The summed E-state index contributed by atoms with van der Waals surface area (Å²) < 4.78 is 54.1. The molecule has 0 fully saturated rings. The van der Waals surface area contributed by atoms with Gasteiger partial charge in [0.05, 0.1) is 16.8 Å². The van der Waals surface area contributed by atoms with E-state index < -0.39 is 47.8 Å². The zero-order valence-corrected chi connectivity index (χ0v) is 15.1. The van der Waals surface area contributed by atoms with Gasteiger partial charge >= 0.3 is 0 Å². The Morgan fingerprint density at radius 2 is 1.92 bits per heavy atom. The molecule has 0 spiro atoms. The van der Waals surface area contributed by atoms with Crippen molar-refractivity contribution in [3.8, 4) is 0 Å². The quantitative estimate of drug-likeness (QED) is 0.725. The molecule has 6 nitrogen and oxygen atoms in total. The molecule has 1 N–H and O–H groups in total. The van der Waals surface area contributed by atoms with E-state index in [2.05, 4.69) is 15.5 Å². The van der Waals surface area contributed by atoms with Gasteiger partial charge in [0.2, 0.25) is 5.91 Å². The lowest BCUT2D eigenvalue weighted by Crippen LogP contribution is -2.31. The lowest BCUT2D eigenvalue weighted by Gasteiger charge is -2.14. The summed E-state index contributed by atoms with van der Waals surface area (Å²) in [7, 11) is 0. The minimum atomic E-state index is -3.14. The van der Waals surface area contributed by atoms with Crippen molar-refractivity contribution >= 4 is 17.5 Å². The average molecular weight is 396 g/mol. The van der Waals surface area contributed by atoms with Gasteiger partial charge < -0.3 is 5.32 Å². The molecule has 2 aromatic heterocycles. The first-order chi connectivity index (χ1) is 12.1. The molecule has 26 heavy (non-hydrogen) atoms. The molecular weight excluding hydrogens is 378 g/mol. The van der Waals surface area contributed by atoms with Crippen LogP contribution in [0.1, 0.15) is 55.4 Å². The number of hydrogen-bond acceptors (Lipinski definition) is 3. The van der Waals surface area contributed by atoms with Crippen molar-refractivity contribution in [2.75, 3.05) is 0 Å². The number of nitrogens with zero attached hydrogens (tertiary/aromatic N) is 4. The summed E-state index contributed by atoms with van der Waals surface area (Å²) in [6, 6.07) is -0.446. The molecule has 1 unspecified atom stereocenters. The lowest BCUT2D eigenvalue weighted by molar-refractivity contribution is -0.122. The topological polar surface area (TPSA) is 64.7 Å². The number of hydrogen-bond donors (Lipinski definition) is 1. The summed E-state index contributed by atoms with van der Waals surface area (Å²) in [6.07, 6.45) is -4.49. The van der Waals surface area contributed by atoms with E-state index in [0.29, 0.717) is 11.2 Å². The second-order valence-corrected chi connectivity index (χ2v) is 6.04. The Morgan fingerprint density at radius 1 is 1.27 bits per heavy atom. The monoisotopic (exact) mass is 395 g/mol. The van der Waals surface area contributed by atoms with Crippen molar-refractivity contribution in [3.05, 3.63) is 33.9 Å². The zero-order chi connectivity index (χ0) is 19.6. The summed E-state index contributed by atoms with van der Waals surface area (Å²) >= 11 is 5.56. The molecule has 144 valence electrons. The Hall–Kier alpha value is -2.10. The average Bonchev–Trinajstić information content (AvgIpc) is 3.07. The molecule has 0 bridgehead atoms. The highest BCUT2D eigenvalue weighted by Crippen LogP contribution is 2.34. The van der Waals surface area contributed by atoms with E-state index in [-0.39, 0.29) is 0 Å². The number of aryl methyl sites for hydroxylation is 2. The van der Waals surface area contributed by atoms with Crippen LogP contribution < -0.4 is 5.32 Å². The first kappa shape index (κ1) is 20.2. The molecule has 0 aliphatic heterocycles. The fourth-order valence-electron chi connectivity index (χ4n) is 2.56. The molecule has 11 heteroatoms. The van der Waals surface area contributed by atoms with Crippen LogP contribution in [0.5, 0.6) is 0 Å². The maximum absolute atomic E-state index is 13.1. The van der Waals surface area contributed by atoms with Crippen molar-refractivity contribution in [1.82, 2.24) is 24.9 Å². The predicted molar refractivity (Wildman–Crippen MR) is 86.3 cm³/mol. The Morgan fingerprint density at radius 3 is 2.42 bits per heavy atom. The molecule has 1 atom stereocenters. The number of aromatic nitrogens is 4. The highest BCUT2D eigenvalue weighted by Gasteiger charge is 2.29. The summed E-state index contributed by atoms with van der Waals surface area (Å²) in [5, 5.41) is 9.42. The first-order valence-corrected chi connectivity index (χ1v) is 8.19. The molecule has 0 saturated heterocycles. The second-order valence-electron chi connectivity index (χ2n) is 5.66. The van der Waals surface area contributed by atoms with Crippen LogP contribution in [-0.2, 0) is 17.9 Å². The smallest absolute Gasteiger partial charge is 0.283 e. The third-order valence-electron chi connectivity index (χ3n) is 3.82. The number of rotatable bonds is 7. The predicted octanol–water partition coefficient (Wildman–Crippen LogP) is 3.81. The van der Waals surface area contributed by atoms with Gasteiger partial charge in [-0.15, -0.1) is 0 Å². The van der Waals surface area contributed by atoms with E-state index in [1.165, 1.54) is 0 Å². The standard InChI is InChI=1S/C15H18ClF4N5O/c1-4-24-5-9(8(3)22-24)7(2)21-10(26)6-25-13(15(19)20)11(16)12(23-25)14(17)18/h5,7,14-15H,4,6H2,1-3H3,(H,21,26). The van der Waals surface area contributed by atoms with Crippen LogP contribution in [0.3, 0.4) is 0 Å². The largest absolute Gasteiger partial charge is 0.348 e. The van der Waals surface area contributed by atoms with Gasteiger partial charge in [-0.05, 0) is 20.8 Å². The molecular formula is C15H18ClF4N5O. The van der Waals surface area contributed by atoms with Gasteiger partial charge in [-0.2, -0.15) is 10.2 Å². The Balaban J connectivity index is 2.17. The summed E-state index contributed by atoms with van der Waals surface area (Å²) in [4.78, 5) is 12.2. The third-order valence-corrected chi connectivity index (χ3v) is 4.20. The van der Waals surface area contributed by atoms with Crippen molar-refractivity contribution in [3.63, 3.8) is 0 Å². The van der Waals surface area contributed by atoms with Crippen LogP contribution in [0.25, 0.3) is 0 Å². The minimum absolute atomic E-state index is 0.446. The summed E-state index contributed by atoms with van der Waals surface area (Å²) in [5.74, 6) is -0.664. The Labute approximate surface area is 152 Å². The van der Waals surface area contributed by atoms with Crippen molar-refractivity contribution in [1.29, 1.82) is 0 Å². The second kappa shape index (κ2) is 8.07. The number of amides is 1. The zero-order valence-electron chi connectivity index (χ0n) is 14.3. The van der Waals surface area contributed by atoms with Crippen LogP contribution in [-0.4, -0.2) is 25.5 Å². The molecule has 0 aromatic carbocycles. The van der Waals surface area contributed by atoms with Crippen LogP contribution in [0.2, 0.25) is 5.02 Å². The van der Waals surface area contributed by atoms with E-state index in [4.69, 9.17) is 11.6 Å². The number of halogens is 5. The molecule has 2 heterocycles. The van der Waals surface area contributed by atoms with E-state index in [1.54, 1.807) is 24.7 Å². The fraction of sp³-hybridized carbons (Fsp3) is 0.533. The Kier molecular flexibility index (Phi) is 6.27. The first-order valence-electron chi connectivity index (χ1n) is 7.81. The van der Waals surface area contributed by atoms with Crippen LogP contribution in [0, 0.1) is 6.92 Å². The molecule has 0 aliphatic carbocycles. The van der Waals surface area contributed by atoms with Crippen molar-refractivity contribution in [2.45, 2.75) is 52.8 Å². The van der Waals surface area contributed by atoms with Crippen molar-refractivity contribution in [2.24, 2.45) is 0 Å². The van der Waals surface area contributed by atoms with E-state index in [0.717, 1.165) is 11.3 Å². The van der Waals surface area contributed by atoms with Crippen LogP contribution >= 0.6 is 11.6 Å². The van der Waals surface area contributed by atoms with E-state index in [1.807, 2.05) is 6.92 Å². The molecule has 0 radical (unpaired) electrons. The third kappa shape index (κ3) is 4.17. The Bertz CT molecular complexity index is 789. The minimum Gasteiger partial charge on any atom is -0.348 e. The number of alkyl halides is 4. The van der Waals surface area contributed by atoms with Gasteiger partial charge in [0, 0.05) is 18.3 Å². The van der Waals surface area contributed by atoms with Gasteiger partial charge in [0.25, 0.3) is 12.9 Å². The fourth-order valence-corrected chi connectivity index (χ4v) is 2.86. The highest BCUT2D eigenvalue weighted by molar-refractivity contribution is 6.32. The normalized spacial score (nSPS) is 12.8.